The van der Waals surface area contributed by atoms with Crippen LogP contribution >= 0.6 is 0 Å². The number of hydrogen-bond donors (Lipinski definition) is 1. The van der Waals surface area contributed by atoms with Gasteiger partial charge in [-0.3, -0.25) is 0 Å². The molecule has 3 rings (SSSR count). The van der Waals surface area contributed by atoms with Gasteiger partial charge >= 0.3 is 0 Å². The fourth-order valence-electron chi connectivity index (χ4n) is 1.87. The van der Waals surface area contributed by atoms with Crippen molar-refractivity contribution in [3.8, 4) is 11.6 Å². The monoisotopic (exact) mass is 282 g/mol. The van der Waals surface area contributed by atoms with Gasteiger partial charge in [-0.05, 0) is 40.8 Å². The van der Waals surface area contributed by atoms with Crippen LogP contribution in [-0.2, 0) is 6.54 Å². The number of nitrogens with one attached hydrogen (secondary N) is 1. The number of tetrazole rings is 1. The minimum atomic E-state index is 0.614. The van der Waals surface area contributed by atoms with Crippen LogP contribution in [0.5, 0.6) is 5.88 Å². The zero-order chi connectivity index (χ0) is 14.5. The van der Waals surface area contributed by atoms with Crippen LogP contribution in [-0.4, -0.2) is 32.3 Å². The molecule has 21 heavy (non-hydrogen) atoms. The summed E-state index contributed by atoms with van der Waals surface area (Å²) in [6, 6.07) is 13.5. The van der Waals surface area contributed by atoms with Gasteiger partial charge in [0.2, 0.25) is 5.88 Å². The number of nitrogens with zero attached hydrogens (tertiary/aromatic N) is 5. The molecule has 7 nitrogen and oxygen atoms in total. The van der Waals surface area contributed by atoms with Gasteiger partial charge in [-0.2, -0.15) is 0 Å². The second-order valence-electron chi connectivity index (χ2n) is 4.33. The van der Waals surface area contributed by atoms with Crippen LogP contribution in [0.1, 0.15) is 5.69 Å². The Morgan fingerprint density at radius 2 is 2.00 bits per heavy atom. The first-order chi connectivity index (χ1) is 10.3. The first kappa shape index (κ1) is 13.0. The topological polar surface area (TPSA) is 77.8 Å². The minimum Gasteiger partial charge on any atom is -0.481 e. The molecule has 0 atom stereocenters. The molecule has 0 unspecified atom stereocenters. The highest BCUT2D eigenvalue weighted by Gasteiger charge is 2.00. The molecule has 0 spiro atoms. The molecule has 1 N–H and O–H groups in total. The van der Waals surface area contributed by atoms with E-state index in [-0.39, 0.29) is 0 Å². The maximum absolute atomic E-state index is 5.10. The van der Waals surface area contributed by atoms with Gasteiger partial charge in [0.15, 0.2) is 0 Å². The molecule has 0 aliphatic rings. The van der Waals surface area contributed by atoms with Crippen LogP contribution in [0.2, 0.25) is 0 Å². The molecule has 0 saturated carbocycles. The average molecular weight is 282 g/mol. The summed E-state index contributed by atoms with van der Waals surface area (Å²) in [6.07, 6.45) is 1.56. The lowest BCUT2D eigenvalue weighted by molar-refractivity contribution is 0.396. The van der Waals surface area contributed by atoms with Gasteiger partial charge in [0.25, 0.3) is 0 Å². The van der Waals surface area contributed by atoms with E-state index in [1.54, 1.807) is 18.1 Å². The van der Waals surface area contributed by atoms with Crippen molar-refractivity contribution in [3.63, 3.8) is 0 Å². The van der Waals surface area contributed by atoms with E-state index >= 15 is 0 Å². The van der Waals surface area contributed by atoms with E-state index in [1.807, 2.05) is 42.5 Å². The summed E-state index contributed by atoms with van der Waals surface area (Å²) in [5.74, 6) is 0.614. The van der Waals surface area contributed by atoms with Crippen LogP contribution in [0.4, 0.5) is 5.69 Å². The highest BCUT2D eigenvalue weighted by molar-refractivity contribution is 5.48. The molecule has 3 aromatic rings. The molecule has 0 saturated heterocycles. The Hall–Kier alpha value is -2.96. The number of rotatable bonds is 5. The zero-order valence-electron chi connectivity index (χ0n) is 11.5. The van der Waals surface area contributed by atoms with Crippen molar-refractivity contribution >= 4 is 5.69 Å². The zero-order valence-corrected chi connectivity index (χ0v) is 11.5. The normalized spacial score (nSPS) is 10.3. The Kier molecular flexibility index (Phi) is 3.72. The minimum absolute atomic E-state index is 0.614. The lowest BCUT2D eigenvalue weighted by Crippen LogP contribution is -2.03. The van der Waals surface area contributed by atoms with E-state index in [0.717, 1.165) is 17.1 Å². The quantitative estimate of drug-likeness (QED) is 0.767. The molecule has 2 heterocycles. The van der Waals surface area contributed by atoms with Crippen LogP contribution in [0.15, 0.2) is 48.8 Å². The third-order valence-corrected chi connectivity index (χ3v) is 2.94. The van der Waals surface area contributed by atoms with Crippen molar-refractivity contribution in [2.75, 3.05) is 12.4 Å². The SMILES string of the molecule is COc1cccc(CNc2ccc(-n3cnnn3)cc2)n1. The van der Waals surface area contributed by atoms with E-state index in [1.165, 1.54) is 0 Å². The van der Waals surface area contributed by atoms with Crippen molar-refractivity contribution in [1.82, 2.24) is 25.2 Å². The van der Waals surface area contributed by atoms with Gasteiger partial charge in [0.05, 0.1) is 25.0 Å². The summed E-state index contributed by atoms with van der Waals surface area (Å²) in [5, 5.41) is 14.4. The maximum atomic E-state index is 5.10. The van der Waals surface area contributed by atoms with Crippen molar-refractivity contribution in [1.29, 1.82) is 0 Å². The number of hydrogen-bond acceptors (Lipinski definition) is 6. The summed E-state index contributed by atoms with van der Waals surface area (Å²) in [7, 11) is 1.61. The number of methoxy groups -OCH3 is 1. The van der Waals surface area contributed by atoms with Crippen LogP contribution in [0.25, 0.3) is 5.69 Å². The molecule has 7 heteroatoms. The van der Waals surface area contributed by atoms with Gasteiger partial charge in [0, 0.05) is 11.8 Å². The van der Waals surface area contributed by atoms with E-state index in [4.69, 9.17) is 4.74 Å². The fourth-order valence-corrected chi connectivity index (χ4v) is 1.87. The van der Waals surface area contributed by atoms with E-state index < -0.39 is 0 Å². The third kappa shape index (κ3) is 3.14. The number of anilines is 1. The maximum Gasteiger partial charge on any atom is 0.213 e. The number of pyridine rings is 1. The Bertz CT molecular complexity index is 696. The lowest BCUT2D eigenvalue weighted by atomic mass is 10.2. The molecular weight excluding hydrogens is 268 g/mol. The highest BCUT2D eigenvalue weighted by atomic mass is 16.5. The molecule has 0 amide bonds. The van der Waals surface area contributed by atoms with Gasteiger partial charge in [-0.1, -0.05) is 6.07 Å². The Morgan fingerprint density at radius 3 is 2.71 bits per heavy atom. The van der Waals surface area contributed by atoms with Crippen molar-refractivity contribution < 1.29 is 4.74 Å². The van der Waals surface area contributed by atoms with E-state index in [0.29, 0.717) is 12.4 Å². The number of aromatic nitrogens is 5. The fraction of sp³-hybridized carbons (Fsp3) is 0.143. The third-order valence-electron chi connectivity index (χ3n) is 2.94. The second-order valence-corrected chi connectivity index (χ2v) is 4.33. The van der Waals surface area contributed by atoms with Gasteiger partial charge < -0.3 is 10.1 Å². The highest BCUT2D eigenvalue weighted by Crippen LogP contribution is 2.13. The smallest absolute Gasteiger partial charge is 0.213 e. The largest absolute Gasteiger partial charge is 0.481 e. The predicted molar refractivity (Wildman–Crippen MR) is 77.3 cm³/mol. The van der Waals surface area contributed by atoms with Gasteiger partial charge in [-0.15, -0.1) is 5.10 Å². The first-order valence-corrected chi connectivity index (χ1v) is 6.42. The predicted octanol–water partition coefficient (Wildman–Crippen LogP) is 1.68. The molecule has 1 aromatic carbocycles. The Balaban J connectivity index is 1.65. The molecule has 0 aliphatic heterocycles. The first-order valence-electron chi connectivity index (χ1n) is 6.42. The molecule has 106 valence electrons. The Morgan fingerprint density at radius 1 is 1.14 bits per heavy atom. The van der Waals surface area contributed by atoms with Crippen LogP contribution < -0.4 is 10.1 Å². The van der Waals surface area contributed by atoms with Crippen molar-refractivity contribution in [2.45, 2.75) is 6.54 Å². The summed E-state index contributed by atoms with van der Waals surface area (Å²) in [4.78, 5) is 4.35. The van der Waals surface area contributed by atoms with Crippen LogP contribution in [0.3, 0.4) is 0 Å². The standard InChI is InChI=1S/C14H14N6O/c1-21-14-4-2-3-12(17-14)9-15-11-5-7-13(8-6-11)20-10-16-18-19-20/h2-8,10,15H,9H2,1H3. The summed E-state index contributed by atoms with van der Waals surface area (Å²) >= 11 is 0. The average Bonchev–Trinajstić information content (AvgIpc) is 3.08. The molecule has 0 aliphatic carbocycles. The number of ether oxygens (including phenoxy) is 1. The van der Waals surface area contributed by atoms with E-state index in [9.17, 15) is 0 Å². The Labute approximate surface area is 121 Å². The summed E-state index contributed by atoms with van der Waals surface area (Å²) < 4.78 is 6.71. The molecular formula is C14H14N6O. The number of benzene rings is 1. The van der Waals surface area contributed by atoms with Crippen LogP contribution in [0, 0.1) is 0 Å². The lowest BCUT2D eigenvalue weighted by Gasteiger charge is -2.08. The summed E-state index contributed by atoms with van der Waals surface area (Å²) in [5.41, 5.74) is 2.82. The summed E-state index contributed by atoms with van der Waals surface area (Å²) in [6.45, 7) is 0.626. The molecule has 0 bridgehead atoms. The molecule has 0 radical (unpaired) electrons. The van der Waals surface area contributed by atoms with Crippen molar-refractivity contribution in [2.24, 2.45) is 0 Å². The molecule has 0 fully saturated rings. The van der Waals surface area contributed by atoms with Gasteiger partial charge in [0.1, 0.15) is 6.33 Å². The van der Waals surface area contributed by atoms with Gasteiger partial charge in [-0.25, -0.2) is 9.67 Å². The van der Waals surface area contributed by atoms with Crippen molar-refractivity contribution in [3.05, 3.63) is 54.5 Å². The second kappa shape index (κ2) is 6.00. The molecule has 2 aromatic heterocycles. The van der Waals surface area contributed by atoms with E-state index in [2.05, 4.69) is 25.8 Å².